The van der Waals surface area contributed by atoms with Crippen LogP contribution in [0.5, 0.6) is 0 Å². The van der Waals surface area contributed by atoms with Gasteiger partial charge in [-0.1, -0.05) is 252 Å². The van der Waals surface area contributed by atoms with E-state index in [4.69, 9.17) is 37.0 Å². The highest BCUT2D eigenvalue weighted by Gasteiger charge is 2.29. The van der Waals surface area contributed by atoms with Crippen molar-refractivity contribution in [1.29, 1.82) is 0 Å². The zero-order valence-electron chi connectivity index (χ0n) is 70.3. The van der Waals surface area contributed by atoms with Crippen LogP contribution in [0.15, 0.2) is 48.6 Å². The van der Waals surface area contributed by atoms with Crippen molar-refractivity contribution in [2.24, 2.45) is 0 Å². The van der Waals surface area contributed by atoms with Crippen molar-refractivity contribution in [2.45, 2.75) is 386 Å². The molecule has 8 N–H and O–H groups in total. The number of phosphoric acid groups is 2. The molecule has 8 atom stereocenters. The number of amides is 4. The second kappa shape index (κ2) is 73.0. The number of aliphatic hydroxyl groups excluding tert-OH is 2. The summed E-state index contributed by atoms with van der Waals surface area (Å²) in [5, 5.41) is 32.1. The molecule has 1 rings (SSSR count). The molecule has 4 amide bonds. The molecule has 0 radical (unpaired) electrons. The highest BCUT2D eigenvalue weighted by Crippen LogP contribution is 2.44. The van der Waals surface area contributed by atoms with Gasteiger partial charge in [0.15, 0.2) is 0 Å². The highest BCUT2D eigenvalue weighted by atomic mass is 31.2. The first-order valence-electron chi connectivity index (χ1n) is 43.9. The van der Waals surface area contributed by atoms with Gasteiger partial charge in [0.2, 0.25) is 11.8 Å². The van der Waals surface area contributed by atoms with Gasteiger partial charge in [-0.05, 0) is 121 Å². The van der Waals surface area contributed by atoms with Crippen molar-refractivity contribution in [1.82, 2.24) is 21.3 Å². The van der Waals surface area contributed by atoms with Gasteiger partial charge < -0.3 is 60.2 Å². The van der Waals surface area contributed by atoms with Crippen molar-refractivity contribution >= 4 is 51.2 Å². The predicted molar refractivity (Wildman–Crippen MR) is 446 cm³/mol. The number of esters is 2. The number of nitrogens with one attached hydrogen (secondary N) is 4. The minimum absolute atomic E-state index is 0.0561. The summed E-state index contributed by atoms with van der Waals surface area (Å²) >= 11 is 0. The fraction of sp³-hybridized carbons (Fsp3) is 0.814. The maximum Gasteiger partial charge on any atom is 0.472 e. The first-order valence-corrected chi connectivity index (χ1v) is 46.9. The minimum atomic E-state index is -4.81. The summed E-state index contributed by atoms with van der Waals surface area (Å²) in [6.07, 6.45) is 48.6. The van der Waals surface area contributed by atoms with E-state index in [0.717, 1.165) is 161 Å². The standard InChI is InChI=1S/C86H156N4O20P2/c1-7-13-19-25-28-31-34-40-46-55-80(110-84(96)57-48-42-36-33-30-27-21-15-9-3)68-82(94)90-76(70-104-63-59-78(92)53-44-38-23-17-11-5)72-108-112(101,102)106-65-61-88-86(98)74-51-49-50-73(66-74)85(97)87-60-64-105-111(99,100)107-71-75(69-103-62-58-77(91)52-43-37-22-16-10-4)89-81(93)67-79(54-45-39-24-18-12-6)109-83(95)56-47-41-35-32-29-26-20-14-8-2/h32-33,35-36,49-51,66,75-80,91-92H,7-31,34,37-48,52-65,67-72H2,1-6H3,(H,87,97)(H,88,98)(H,89,93)(H,90,94)(H,99,100)(H,101,102)/b35-32+,36-33+/t75?,76?,77-,78-,79-,80-/m1/s1. The molecule has 112 heavy (non-hydrogen) atoms. The highest BCUT2D eigenvalue weighted by molar-refractivity contribution is 7.47. The van der Waals surface area contributed by atoms with Crippen molar-refractivity contribution in [3.63, 3.8) is 0 Å². The summed E-state index contributed by atoms with van der Waals surface area (Å²) in [7, 11) is -9.62. The Labute approximate surface area is 676 Å². The molecule has 1 aromatic rings. The third-order valence-electron chi connectivity index (χ3n) is 19.4. The molecule has 650 valence electrons. The van der Waals surface area contributed by atoms with E-state index in [1.54, 1.807) is 0 Å². The normalized spacial score (nSPS) is 14.4. The van der Waals surface area contributed by atoms with Gasteiger partial charge in [0.1, 0.15) is 12.2 Å². The Morgan fingerprint density at radius 1 is 0.384 bits per heavy atom. The maximum absolute atomic E-state index is 13.8. The number of hydrogen-bond donors (Lipinski definition) is 8. The van der Waals surface area contributed by atoms with E-state index in [2.05, 4.69) is 87.1 Å². The van der Waals surface area contributed by atoms with Crippen molar-refractivity contribution in [3.8, 4) is 0 Å². The number of aliphatic hydroxyl groups is 2. The molecule has 0 saturated carbocycles. The van der Waals surface area contributed by atoms with Gasteiger partial charge in [-0.2, -0.15) is 0 Å². The SMILES string of the molecule is CCCCCC/C=C/CCCC(=O)O[C@H](CCCCCCC)CC(=O)NC(COCC[C@H](O)CCCCCCC)COP(=O)(O)OCCNC(=O)c1cccc(C(=O)NCCOP(=O)(O)OCC(COCC[C@H](O)CCCCCCC)NC(=O)C[C@@H](CCCCCCCCCCC)OC(=O)CCC/C=C/CCCCCC)c1. The lowest BCUT2D eigenvalue weighted by Gasteiger charge is -2.23. The average molecular weight is 1630 g/mol. The van der Waals surface area contributed by atoms with Gasteiger partial charge in [0.05, 0.1) is 76.8 Å². The molecule has 0 aliphatic carbocycles. The van der Waals surface area contributed by atoms with Gasteiger partial charge in [-0.3, -0.25) is 46.9 Å². The molecule has 0 saturated heterocycles. The average Bonchev–Trinajstić information content (AvgIpc) is 0.865. The first kappa shape index (κ1) is 106. The van der Waals surface area contributed by atoms with Crippen LogP contribution in [0.2, 0.25) is 0 Å². The van der Waals surface area contributed by atoms with Crippen LogP contribution in [0.3, 0.4) is 0 Å². The second-order valence-corrected chi connectivity index (χ2v) is 33.0. The monoisotopic (exact) mass is 1630 g/mol. The summed E-state index contributed by atoms with van der Waals surface area (Å²) in [5.74, 6) is -3.01. The zero-order valence-corrected chi connectivity index (χ0v) is 72.1. The molecule has 0 aromatic heterocycles. The topological polar surface area (TPSA) is 339 Å². The Hall–Kier alpha value is -4.42. The van der Waals surface area contributed by atoms with Crippen LogP contribution in [0.25, 0.3) is 0 Å². The molecular formula is C86H156N4O20P2. The molecule has 26 heteroatoms. The van der Waals surface area contributed by atoms with E-state index >= 15 is 0 Å². The third-order valence-corrected chi connectivity index (χ3v) is 21.3. The number of allylic oxidation sites excluding steroid dienone is 4. The van der Waals surface area contributed by atoms with Gasteiger partial charge in [-0.25, -0.2) is 9.13 Å². The Bertz CT molecular complexity index is 2670. The van der Waals surface area contributed by atoms with E-state index in [-0.39, 0.29) is 88.3 Å². The Kier molecular flexibility index (Phi) is 68.8. The van der Waals surface area contributed by atoms with Crippen molar-refractivity contribution in [2.75, 3.05) is 65.9 Å². The number of ether oxygens (including phenoxy) is 4. The Balaban J connectivity index is 3.02. The van der Waals surface area contributed by atoms with E-state index in [1.165, 1.54) is 94.9 Å². The summed E-state index contributed by atoms with van der Waals surface area (Å²) in [6.45, 7) is 10.5. The van der Waals surface area contributed by atoms with E-state index < -0.39 is 102 Å². The van der Waals surface area contributed by atoms with Crippen LogP contribution in [-0.4, -0.2) is 158 Å². The fourth-order valence-corrected chi connectivity index (χ4v) is 14.2. The molecule has 0 aliphatic rings. The van der Waals surface area contributed by atoms with Crippen LogP contribution >= 0.6 is 15.6 Å². The van der Waals surface area contributed by atoms with Crippen LogP contribution < -0.4 is 21.3 Å². The molecule has 0 fully saturated rings. The molecule has 0 spiro atoms. The number of unbranched alkanes of at least 4 members (excludes halogenated alkanes) is 30. The molecule has 1 aromatic carbocycles. The van der Waals surface area contributed by atoms with Crippen LogP contribution in [-0.2, 0) is 65.4 Å². The molecule has 24 nitrogen and oxygen atoms in total. The number of phosphoric ester groups is 2. The van der Waals surface area contributed by atoms with E-state index in [9.17, 15) is 57.9 Å². The van der Waals surface area contributed by atoms with Gasteiger partial charge >= 0.3 is 27.6 Å². The van der Waals surface area contributed by atoms with Crippen LogP contribution in [0.4, 0.5) is 0 Å². The van der Waals surface area contributed by atoms with Gasteiger partial charge in [-0.15, -0.1) is 0 Å². The Morgan fingerprint density at radius 3 is 1.04 bits per heavy atom. The largest absolute Gasteiger partial charge is 0.472 e. The van der Waals surface area contributed by atoms with E-state index in [0.29, 0.717) is 51.4 Å². The smallest absolute Gasteiger partial charge is 0.462 e. The number of benzene rings is 1. The second-order valence-electron chi connectivity index (χ2n) is 30.1. The minimum Gasteiger partial charge on any atom is -0.462 e. The lowest BCUT2D eigenvalue weighted by Crippen LogP contribution is -2.43. The van der Waals surface area contributed by atoms with Crippen LogP contribution in [0.1, 0.15) is 370 Å². The predicted octanol–water partition coefficient (Wildman–Crippen LogP) is 18.9. The van der Waals surface area contributed by atoms with E-state index in [1.807, 2.05) is 0 Å². The van der Waals surface area contributed by atoms with Crippen LogP contribution in [0, 0.1) is 0 Å². The van der Waals surface area contributed by atoms with Gasteiger partial charge in [0.25, 0.3) is 11.8 Å². The lowest BCUT2D eigenvalue weighted by atomic mass is 10.0. The summed E-state index contributed by atoms with van der Waals surface area (Å²) < 4.78 is 71.4. The molecule has 0 aliphatic heterocycles. The number of hydrogen-bond acceptors (Lipinski definition) is 18. The fourth-order valence-electron chi connectivity index (χ4n) is 12.6. The number of carbonyl (C=O) groups is 6. The third kappa shape index (κ3) is 64.7. The summed E-state index contributed by atoms with van der Waals surface area (Å²) in [6, 6.07) is 3.76. The van der Waals surface area contributed by atoms with Crippen molar-refractivity contribution in [3.05, 3.63) is 59.7 Å². The molecular weight excluding hydrogens is 1470 g/mol. The van der Waals surface area contributed by atoms with Crippen molar-refractivity contribution < 1.29 is 94.9 Å². The molecule has 0 bridgehead atoms. The zero-order chi connectivity index (χ0) is 82.2. The first-order chi connectivity index (χ1) is 54.2. The number of rotatable bonds is 80. The quantitative estimate of drug-likeness (QED) is 0.0130. The Morgan fingerprint density at radius 2 is 0.696 bits per heavy atom. The lowest BCUT2D eigenvalue weighted by molar-refractivity contribution is -0.152. The van der Waals surface area contributed by atoms with Gasteiger partial charge in [0, 0.05) is 50.3 Å². The maximum atomic E-state index is 13.8. The summed E-state index contributed by atoms with van der Waals surface area (Å²) in [4.78, 5) is 102. The number of carbonyl (C=O) groups excluding carboxylic acids is 6. The summed E-state index contributed by atoms with van der Waals surface area (Å²) in [5.41, 5.74) is 0.112. The molecule has 0 heterocycles. The molecule has 4 unspecified atom stereocenters.